The van der Waals surface area contributed by atoms with E-state index in [1.54, 1.807) is 23.9 Å². The number of nitro benzene ring substituents is 1. The van der Waals surface area contributed by atoms with Crippen molar-refractivity contribution in [1.29, 1.82) is 0 Å². The topological polar surface area (TPSA) is 93.8 Å². The summed E-state index contributed by atoms with van der Waals surface area (Å²) < 4.78 is 5.42. The number of hydrogen-bond donors (Lipinski definition) is 1. The van der Waals surface area contributed by atoms with Gasteiger partial charge in [0.2, 0.25) is 0 Å². The lowest BCUT2D eigenvalue weighted by Crippen LogP contribution is -2.43. The van der Waals surface area contributed by atoms with Crippen LogP contribution in [-0.4, -0.2) is 33.5 Å². The molecule has 1 aliphatic rings. The van der Waals surface area contributed by atoms with Gasteiger partial charge in [0, 0.05) is 17.9 Å². The first-order valence-electron chi connectivity index (χ1n) is 9.69. The highest BCUT2D eigenvalue weighted by molar-refractivity contribution is 8.14. The monoisotopic (exact) mass is 427 g/mol. The average Bonchev–Trinajstić information content (AvgIpc) is 3.17. The Morgan fingerprint density at radius 3 is 2.50 bits per heavy atom. The first-order chi connectivity index (χ1) is 14.2. The fraction of sp³-hybridized carbons (Fsp3) is 0.364. The van der Waals surface area contributed by atoms with Crippen LogP contribution in [0.4, 0.5) is 10.5 Å². The Balaban J connectivity index is 1.80. The molecular weight excluding hydrogens is 402 g/mol. The molecule has 0 bridgehead atoms. The Kier molecular flexibility index (Phi) is 6.77. The molecule has 0 spiro atoms. The summed E-state index contributed by atoms with van der Waals surface area (Å²) in [6, 6.07) is 16.0. The van der Waals surface area contributed by atoms with Crippen molar-refractivity contribution in [3.8, 4) is 0 Å². The molecule has 30 heavy (non-hydrogen) atoms. The Morgan fingerprint density at radius 1 is 1.23 bits per heavy atom. The van der Waals surface area contributed by atoms with E-state index in [4.69, 9.17) is 9.73 Å². The van der Waals surface area contributed by atoms with Gasteiger partial charge in [-0.2, -0.15) is 0 Å². The Bertz CT molecular complexity index is 924. The molecule has 0 aromatic heterocycles. The number of ether oxygens (including phenoxy) is 1. The maximum atomic E-state index is 12.4. The third kappa shape index (κ3) is 6.06. The molecule has 1 unspecified atom stereocenters. The molecule has 2 aromatic rings. The lowest BCUT2D eigenvalue weighted by atomic mass is 10.1. The molecule has 2 atom stereocenters. The number of non-ortho nitro benzene ring substituents is 1. The van der Waals surface area contributed by atoms with Gasteiger partial charge in [0.1, 0.15) is 5.60 Å². The summed E-state index contributed by atoms with van der Waals surface area (Å²) in [6.45, 7) is 5.43. The number of aliphatic imine (C=N–C) groups is 1. The van der Waals surface area contributed by atoms with Gasteiger partial charge in [0.15, 0.2) is 0 Å². The van der Waals surface area contributed by atoms with E-state index >= 15 is 0 Å². The third-order valence-electron chi connectivity index (χ3n) is 4.43. The number of nitrogens with one attached hydrogen (secondary N) is 1. The standard InChI is InChI=1S/C22H25N3O4S/c1-22(2,3)29-21(26)24-18(13-15-9-11-17(12-10-15)25(27)28)20-23-19(14-30-20)16-7-5-4-6-8-16/h4-12,18-19H,13-14H2,1-3H3,(H,24,26)/t18-,19?/m0/s1. The number of benzene rings is 2. The van der Waals surface area contributed by atoms with E-state index in [0.717, 1.165) is 21.9 Å². The molecule has 1 amide bonds. The molecule has 7 nitrogen and oxygen atoms in total. The number of nitrogens with zero attached hydrogens (tertiary/aromatic N) is 2. The van der Waals surface area contributed by atoms with E-state index < -0.39 is 16.6 Å². The van der Waals surface area contributed by atoms with Crippen molar-refractivity contribution in [2.75, 3.05) is 5.75 Å². The van der Waals surface area contributed by atoms with Crippen LogP contribution in [0.1, 0.15) is 37.9 Å². The molecule has 0 saturated carbocycles. The average molecular weight is 428 g/mol. The minimum Gasteiger partial charge on any atom is -0.444 e. The van der Waals surface area contributed by atoms with Crippen LogP contribution >= 0.6 is 11.8 Å². The highest BCUT2D eigenvalue weighted by Gasteiger charge is 2.29. The Labute approximate surface area is 180 Å². The molecule has 1 heterocycles. The Morgan fingerprint density at radius 2 is 1.90 bits per heavy atom. The van der Waals surface area contributed by atoms with Gasteiger partial charge in [-0.3, -0.25) is 15.1 Å². The normalized spacial score (nSPS) is 17.2. The zero-order valence-electron chi connectivity index (χ0n) is 17.2. The lowest BCUT2D eigenvalue weighted by Gasteiger charge is -2.23. The van der Waals surface area contributed by atoms with Crippen molar-refractivity contribution in [3.63, 3.8) is 0 Å². The minimum absolute atomic E-state index is 0.0333. The zero-order chi connectivity index (χ0) is 21.7. The molecule has 1 N–H and O–H groups in total. The van der Waals surface area contributed by atoms with E-state index in [1.165, 1.54) is 12.1 Å². The summed E-state index contributed by atoms with van der Waals surface area (Å²) in [6.07, 6.45) is -0.0502. The summed E-state index contributed by atoms with van der Waals surface area (Å²) in [4.78, 5) is 27.7. The fourth-order valence-corrected chi connectivity index (χ4v) is 4.21. The van der Waals surface area contributed by atoms with Crippen LogP contribution in [-0.2, 0) is 11.2 Å². The van der Waals surface area contributed by atoms with Crippen LogP contribution in [0.2, 0.25) is 0 Å². The fourth-order valence-electron chi connectivity index (χ4n) is 3.07. The van der Waals surface area contributed by atoms with E-state index in [9.17, 15) is 14.9 Å². The van der Waals surface area contributed by atoms with Gasteiger partial charge < -0.3 is 10.1 Å². The van der Waals surface area contributed by atoms with E-state index in [2.05, 4.69) is 5.32 Å². The van der Waals surface area contributed by atoms with Crippen LogP contribution in [0.25, 0.3) is 0 Å². The van der Waals surface area contributed by atoms with Gasteiger partial charge in [-0.1, -0.05) is 42.5 Å². The SMILES string of the molecule is CC(C)(C)OC(=O)N[C@@H](Cc1ccc([N+](=O)[O-])cc1)C1=NC(c2ccccc2)CS1. The van der Waals surface area contributed by atoms with Crippen molar-refractivity contribution >= 4 is 28.6 Å². The predicted octanol–water partition coefficient (Wildman–Crippen LogP) is 4.92. The van der Waals surface area contributed by atoms with Gasteiger partial charge in [-0.15, -0.1) is 11.8 Å². The number of hydrogen-bond acceptors (Lipinski definition) is 6. The third-order valence-corrected chi connectivity index (χ3v) is 5.60. The van der Waals surface area contributed by atoms with Gasteiger partial charge in [0.05, 0.1) is 22.1 Å². The van der Waals surface area contributed by atoms with Gasteiger partial charge >= 0.3 is 6.09 Å². The molecular formula is C22H25N3O4S. The van der Waals surface area contributed by atoms with Crippen molar-refractivity contribution < 1.29 is 14.5 Å². The Hall–Kier alpha value is -2.87. The van der Waals surface area contributed by atoms with Crippen LogP contribution < -0.4 is 5.32 Å². The summed E-state index contributed by atoms with van der Waals surface area (Å²) >= 11 is 1.61. The molecule has 158 valence electrons. The van der Waals surface area contributed by atoms with E-state index in [1.807, 2.05) is 51.1 Å². The van der Waals surface area contributed by atoms with E-state index in [-0.39, 0.29) is 17.8 Å². The van der Waals surface area contributed by atoms with Crippen LogP contribution in [0.3, 0.4) is 0 Å². The number of thioether (sulfide) groups is 1. The number of amides is 1. The summed E-state index contributed by atoms with van der Waals surface area (Å²) in [5, 5.41) is 14.7. The number of carbonyl (C=O) groups excluding carboxylic acids is 1. The smallest absolute Gasteiger partial charge is 0.408 e. The van der Waals surface area contributed by atoms with Crippen molar-refractivity contribution in [2.24, 2.45) is 4.99 Å². The van der Waals surface area contributed by atoms with Gasteiger partial charge in [-0.25, -0.2) is 4.79 Å². The molecule has 0 radical (unpaired) electrons. The second-order valence-corrected chi connectivity index (χ2v) is 9.07. The molecule has 3 rings (SSSR count). The largest absolute Gasteiger partial charge is 0.444 e. The van der Waals surface area contributed by atoms with Crippen molar-refractivity contribution in [3.05, 3.63) is 75.8 Å². The van der Waals surface area contributed by atoms with Crippen LogP contribution in [0.5, 0.6) is 0 Å². The first-order valence-corrected chi connectivity index (χ1v) is 10.7. The van der Waals surface area contributed by atoms with Crippen LogP contribution in [0, 0.1) is 10.1 Å². The quantitative estimate of drug-likeness (QED) is 0.522. The highest BCUT2D eigenvalue weighted by atomic mass is 32.2. The van der Waals surface area contributed by atoms with Crippen molar-refractivity contribution in [2.45, 2.75) is 44.9 Å². The number of alkyl carbamates (subject to hydrolysis) is 1. The minimum atomic E-state index is -0.612. The summed E-state index contributed by atoms with van der Waals surface area (Å²) in [5.74, 6) is 0.798. The molecule has 0 aliphatic carbocycles. The van der Waals surface area contributed by atoms with Gasteiger partial charge in [-0.05, 0) is 38.3 Å². The zero-order valence-corrected chi connectivity index (χ0v) is 18.0. The first kappa shape index (κ1) is 21.8. The second-order valence-electron chi connectivity index (χ2n) is 8.03. The molecule has 8 heteroatoms. The number of nitro groups is 1. The molecule has 1 aliphatic heterocycles. The maximum Gasteiger partial charge on any atom is 0.408 e. The molecule has 0 fully saturated rings. The molecule has 2 aromatic carbocycles. The van der Waals surface area contributed by atoms with Crippen molar-refractivity contribution in [1.82, 2.24) is 5.32 Å². The van der Waals surface area contributed by atoms with Gasteiger partial charge in [0.25, 0.3) is 5.69 Å². The lowest BCUT2D eigenvalue weighted by molar-refractivity contribution is -0.384. The molecule has 0 saturated heterocycles. The van der Waals surface area contributed by atoms with E-state index in [0.29, 0.717) is 6.42 Å². The highest BCUT2D eigenvalue weighted by Crippen LogP contribution is 2.32. The number of carbonyl (C=O) groups is 1. The summed E-state index contributed by atoms with van der Waals surface area (Å²) in [7, 11) is 0. The second kappa shape index (κ2) is 9.30. The van der Waals surface area contributed by atoms with Crippen LogP contribution in [0.15, 0.2) is 59.6 Å². The number of rotatable bonds is 6. The predicted molar refractivity (Wildman–Crippen MR) is 119 cm³/mol. The maximum absolute atomic E-state index is 12.4. The summed E-state index contributed by atoms with van der Waals surface area (Å²) in [5.41, 5.74) is 1.42.